The summed E-state index contributed by atoms with van der Waals surface area (Å²) < 4.78 is 27.4. The highest BCUT2D eigenvalue weighted by atomic mass is 79.9. The third-order valence-corrected chi connectivity index (χ3v) is 5.56. The fourth-order valence-electron chi connectivity index (χ4n) is 1.07. The number of thiophene rings is 1. The lowest BCUT2D eigenvalue weighted by atomic mass is 9.93. The molecule has 6 heteroatoms. The Labute approximate surface area is 109 Å². The predicted molar refractivity (Wildman–Crippen MR) is 71.3 cm³/mol. The summed E-state index contributed by atoms with van der Waals surface area (Å²) in [5.41, 5.74) is 0.137. The molecule has 16 heavy (non-hydrogen) atoms. The number of hydrogen-bond acceptors (Lipinski definition) is 3. The minimum Gasteiger partial charge on any atom is -0.210 e. The van der Waals surface area contributed by atoms with Crippen LogP contribution in [-0.2, 0) is 10.0 Å². The number of halogens is 1. The SMILES string of the molecule is CC(C)(C)CCNS(=O)(=O)c1ccc(Br)s1. The van der Waals surface area contributed by atoms with Gasteiger partial charge in [0.05, 0.1) is 3.79 Å². The Morgan fingerprint density at radius 3 is 2.44 bits per heavy atom. The van der Waals surface area contributed by atoms with Crippen LogP contribution in [0.15, 0.2) is 20.1 Å². The van der Waals surface area contributed by atoms with E-state index in [1.54, 1.807) is 12.1 Å². The first-order valence-electron chi connectivity index (χ1n) is 4.96. The molecule has 0 spiro atoms. The van der Waals surface area contributed by atoms with Crippen molar-refractivity contribution in [1.29, 1.82) is 0 Å². The van der Waals surface area contributed by atoms with Crippen molar-refractivity contribution in [3.05, 3.63) is 15.9 Å². The van der Waals surface area contributed by atoms with Crippen LogP contribution in [0, 0.1) is 5.41 Å². The highest BCUT2D eigenvalue weighted by Gasteiger charge is 2.17. The highest BCUT2D eigenvalue weighted by molar-refractivity contribution is 9.11. The molecular weight excluding hydrogens is 310 g/mol. The zero-order valence-electron chi connectivity index (χ0n) is 9.58. The number of sulfonamides is 1. The molecule has 1 aromatic heterocycles. The third-order valence-electron chi connectivity index (χ3n) is 1.98. The number of rotatable bonds is 4. The van der Waals surface area contributed by atoms with Gasteiger partial charge >= 0.3 is 0 Å². The smallest absolute Gasteiger partial charge is 0.210 e. The summed E-state index contributed by atoms with van der Waals surface area (Å²) in [7, 11) is -3.32. The van der Waals surface area contributed by atoms with Crippen LogP contribution in [0.1, 0.15) is 27.2 Å². The van der Waals surface area contributed by atoms with Crippen molar-refractivity contribution in [3.63, 3.8) is 0 Å². The Hall–Kier alpha value is 0.0900. The minimum atomic E-state index is -3.32. The van der Waals surface area contributed by atoms with E-state index in [1.165, 1.54) is 11.3 Å². The Kier molecular flexibility index (Phi) is 4.57. The number of hydrogen-bond donors (Lipinski definition) is 1. The molecule has 0 aliphatic rings. The molecule has 0 amide bonds. The van der Waals surface area contributed by atoms with E-state index in [2.05, 4.69) is 41.4 Å². The van der Waals surface area contributed by atoms with Gasteiger partial charge in [-0.25, -0.2) is 13.1 Å². The van der Waals surface area contributed by atoms with Gasteiger partial charge in [0.1, 0.15) is 4.21 Å². The van der Waals surface area contributed by atoms with Gasteiger partial charge in [-0.2, -0.15) is 0 Å². The summed E-state index contributed by atoms with van der Waals surface area (Å²) in [6.07, 6.45) is 0.818. The molecule has 0 aliphatic heterocycles. The van der Waals surface area contributed by atoms with Crippen LogP contribution in [0.5, 0.6) is 0 Å². The van der Waals surface area contributed by atoms with Crippen LogP contribution in [0.3, 0.4) is 0 Å². The molecule has 0 atom stereocenters. The second-order valence-electron chi connectivity index (χ2n) is 4.77. The summed E-state index contributed by atoms with van der Waals surface area (Å²) in [6, 6.07) is 3.34. The van der Waals surface area contributed by atoms with Gasteiger partial charge in [0.2, 0.25) is 10.0 Å². The molecule has 0 bridgehead atoms. The van der Waals surface area contributed by atoms with Crippen molar-refractivity contribution in [2.75, 3.05) is 6.54 Å². The lowest BCUT2D eigenvalue weighted by Crippen LogP contribution is -2.26. The topological polar surface area (TPSA) is 46.2 Å². The third kappa shape index (κ3) is 4.53. The maximum Gasteiger partial charge on any atom is 0.250 e. The summed E-state index contributed by atoms with van der Waals surface area (Å²) in [5.74, 6) is 0. The summed E-state index contributed by atoms with van der Waals surface area (Å²) in [6.45, 7) is 6.73. The predicted octanol–water partition coefficient (Wildman–Crippen LogP) is 3.23. The van der Waals surface area contributed by atoms with Crippen LogP contribution in [0.4, 0.5) is 0 Å². The quantitative estimate of drug-likeness (QED) is 0.923. The van der Waals surface area contributed by atoms with Crippen molar-refractivity contribution >= 4 is 37.3 Å². The molecule has 92 valence electrons. The molecular formula is C10H16BrNO2S2. The average Bonchev–Trinajstić information content (AvgIpc) is 2.49. The second kappa shape index (κ2) is 5.16. The van der Waals surface area contributed by atoms with Crippen LogP contribution in [0.25, 0.3) is 0 Å². The first-order chi connectivity index (χ1) is 7.21. The molecule has 1 N–H and O–H groups in total. The van der Waals surface area contributed by atoms with Crippen LogP contribution < -0.4 is 4.72 Å². The zero-order valence-corrected chi connectivity index (χ0v) is 12.8. The normalized spacial score (nSPS) is 13.0. The van der Waals surface area contributed by atoms with Gasteiger partial charge in [0.15, 0.2) is 0 Å². The van der Waals surface area contributed by atoms with Crippen molar-refractivity contribution < 1.29 is 8.42 Å². The van der Waals surface area contributed by atoms with E-state index in [1.807, 2.05) is 0 Å². The Morgan fingerprint density at radius 2 is 2.00 bits per heavy atom. The van der Waals surface area contributed by atoms with Crippen LogP contribution >= 0.6 is 27.3 Å². The molecule has 1 aromatic rings. The number of nitrogens with one attached hydrogen (secondary N) is 1. The maximum atomic E-state index is 11.8. The van der Waals surface area contributed by atoms with Crippen LogP contribution in [-0.4, -0.2) is 15.0 Å². The van der Waals surface area contributed by atoms with E-state index in [0.717, 1.165) is 10.2 Å². The largest absolute Gasteiger partial charge is 0.250 e. The summed E-state index contributed by atoms with van der Waals surface area (Å²) in [4.78, 5) is 0. The minimum absolute atomic E-state index is 0.137. The molecule has 0 aromatic carbocycles. The average molecular weight is 326 g/mol. The lowest BCUT2D eigenvalue weighted by Gasteiger charge is -2.17. The van der Waals surface area contributed by atoms with Gasteiger partial charge in [-0.1, -0.05) is 20.8 Å². The van der Waals surface area contributed by atoms with Gasteiger partial charge in [0, 0.05) is 6.54 Å². The first-order valence-corrected chi connectivity index (χ1v) is 8.05. The molecule has 1 heterocycles. The molecule has 1 rings (SSSR count). The molecule has 0 unspecified atom stereocenters. The zero-order chi connectivity index (χ0) is 12.4. The van der Waals surface area contributed by atoms with E-state index in [4.69, 9.17) is 0 Å². The first kappa shape index (κ1) is 14.2. The van der Waals surface area contributed by atoms with Gasteiger partial charge < -0.3 is 0 Å². The highest BCUT2D eigenvalue weighted by Crippen LogP contribution is 2.26. The fraction of sp³-hybridized carbons (Fsp3) is 0.600. The fourth-order valence-corrected chi connectivity index (χ4v) is 4.16. The Balaban J connectivity index is 2.60. The van der Waals surface area contributed by atoms with Gasteiger partial charge in [-0.3, -0.25) is 0 Å². The Bertz CT molecular complexity index is 446. The van der Waals surface area contributed by atoms with Gasteiger partial charge in [-0.15, -0.1) is 11.3 Å². The summed E-state index contributed by atoms with van der Waals surface area (Å²) in [5, 5.41) is 0. The molecule has 3 nitrogen and oxygen atoms in total. The Morgan fingerprint density at radius 1 is 1.38 bits per heavy atom. The van der Waals surface area contributed by atoms with E-state index >= 15 is 0 Å². The van der Waals surface area contributed by atoms with Gasteiger partial charge in [-0.05, 0) is 39.9 Å². The van der Waals surface area contributed by atoms with E-state index in [9.17, 15) is 8.42 Å². The van der Waals surface area contributed by atoms with E-state index in [0.29, 0.717) is 10.8 Å². The van der Waals surface area contributed by atoms with Crippen LogP contribution in [0.2, 0.25) is 0 Å². The van der Waals surface area contributed by atoms with E-state index in [-0.39, 0.29) is 5.41 Å². The monoisotopic (exact) mass is 325 g/mol. The standard InChI is InChI=1S/C10H16BrNO2S2/c1-10(2,3)6-7-12-16(13,14)9-5-4-8(11)15-9/h4-5,12H,6-7H2,1-3H3. The van der Waals surface area contributed by atoms with Gasteiger partial charge in [0.25, 0.3) is 0 Å². The van der Waals surface area contributed by atoms with Crippen molar-refractivity contribution in [3.8, 4) is 0 Å². The summed E-state index contributed by atoms with van der Waals surface area (Å²) >= 11 is 4.47. The molecule has 0 saturated carbocycles. The second-order valence-corrected chi connectivity index (χ2v) is 9.22. The molecule has 0 radical (unpaired) electrons. The lowest BCUT2D eigenvalue weighted by molar-refractivity contribution is 0.378. The molecule has 0 saturated heterocycles. The van der Waals surface area contributed by atoms with Crippen molar-refractivity contribution in [2.45, 2.75) is 31.4 Å². The van der Waals surface area contributed by atoms with E-state index < -0.39 is 10.0 Å². The molecule has 0 aliphatic carbocycles. The van der Waals surface area contributed by atoms with Crippen molar-refractivity contribution in [2.24, 2.45) is 5.41 Å². The van der Waals surface area contributed by atoms with Crippen molar-refractivity contribution in [1.82, 2.24) is 4.72 Å². The molecule has 0 fully saturated rings. The maximum absolute atomic E-state index is 11.8.